The van der Waals surface area contributed by atoms with E-state index in [1.165, 1.54) is 6.66 Å². The zero-order chi connectivity index (χ0) is 11.9. The summed E-state index contributed by atoms with van der Waals surface area (Å²) in [4.78, 5) is 19.9. The monoisotopic (exact) mass is 236 g/mol. The summed E-state index contributed by atoms with van der Waals surface area (Å²) in [6.45, 7) is 3.30. The van der Waals surface area contributed by atoms with E-state index in [0.717, 1.165) is 25.7 Å². The van der Waals surface area contributed by atoms with E-state index >= 15 is 0 Å². The van der Waals surface area contributed by atoms with Crippen LogP contribution < -0.4 is 0 Å². The Morgan fingerprint density at radius 2 is 1.93 bits per heavy atom. The van der Waals surface area contributed by atoms with E-state index < -0.39 is 19.3 Å². The number of aliphatic carboxylic acids is 1. The summed E-state index contributed by atoms with van der Waals surface area (Å²) in [6.07, 6.45) is 4.42. The van der Waals surface area contributed by atoms with E-state index in [2.05, 4.69) is 6.92 Å². The van der Waals surface area contributed by atoms with Crippen LogP contribution in [0.25, 0.3) is 0 Å². The zero-order valence-corrected chi connectivity index (χ0v) is 10.4. The van der Waals surface area contributed by atoms with Gasteiger partial charge in [-0.05, 0) is 6.42 Å². The summed E-state index contributed by atoms with van der Waals surface area (Å²) in [5, 5.41) is 8.86. The molecule has 90 valence electrons. The fraction of sp³-hybridized carbons (Fsp3) is 0.900. The van der Waals surface area contributed by atoms with Gasteiger partial charge in [-0.2, -0.15) is 0 Å². The normalized spacial score (nSPS) is 17.0. The number of hydrogen-bond acceptors (Lipinski definition) is 2. The first-order valence-electron chi connectivity index (χ1n) is 5.39. The Bertz CT molecular complexity index is 234. The van der Waals surface area contributed by atoms with Gasteiger partial charge in [0.25, 0.3) is 0 Å². The lowest BCUT2D eigenvalue weighted by atomic mass is 10.0. The van der Waals surface area contributed by atoms with Crippen LogP contribution >= 0.6 is 7.37 Å². The Morgan fingerprint density at radius 1 is 1.33 bits per heavy atom. The first-order valence-corrected chi connectivity index (χ1v) is 7.68. The molecule has 0 bridgehead atoms. The quantitative estimate of drug-likeness (QED) is 0.501. The largest absolute Gasteiger partial charge is 0.481 e. The van der Waals surface area contributed by atoms with Gasteiger partial charge in [-0.1, -0.05) is 32.6 Å². The Morgan fingerprint density at radius 3 is 2.33 bits per heavy atom. The maximum atomic E-state index is 11.1. The fourth-order valence-corrected chi connectivity index (χ4v) is 2.68. The van der Waals surface area contributed by atoms with Crippen LogP contribution in [0.3, 0.4) is 0 Å². The van der Waals surface area contributed by atoms with Crippen molar-refractivity contribution >= 4 is 13.3 Å². The van der Waals surface area contributed by atoms with Gasteiger partial charge in [0, 0.05) is 12.8 Å². The average Bonchev–Trinajstić information content (AvgIpc) is 2.08. The maximum Gasteiger partial charge on any atom is 0.307 e. The number of carboxylic acid groups (broad SMARTS) is 1. The average molecular weight is 236 g/mol. The number of hydrogen-bond donors (Lipinski definition) is 2. The third-order valence-corrected chi connectivity index (χ3v) is 3.43. The second-order valence-corrected chi connectivity index (χ2v) is 6.59. The summed E-state index contributed by atoms with van der Waals surface area (Å²) < 4.78 is 11.1. The highest BCUT2D eigenvalue weighted by Crippen LogP contribution is 2.38. The fourth-order valence-electron chi connectivity index (χ4n) is 1.52. The van der Waals surface area contributed by atoms with E-state index in [1.54, 1.807) is 0 Å². The molecule has 2 unspecified atom stereocenters. The topological polar surface area (TPSA) is 74.6 Å². The predicted molar refractivity (Wildman–Crippen MR) is 60.5 cm³/mol. The molecule has 0 aromatic heterocycles. The molecule has 0 spiro atoms. The molecule has 0 radical (unpaired) electrons. The lowest BCUT2D eigenvalue weighted by Crippen LogP contribution is -2.17. The van der Waals surface area contributed by atoms with Crippen LogP contribution in [0.4, 0.5) is 0 Å². The lowest BCUT2D eigenvalue weighted by molar-refractivity contribution is -0.141. The predicted octanol–water partition coefficient (Wildman–Crippen LogP) is 2.56. The van der Waals surface area contributed by atoms with E-state index in [4.69, 9.17) is 10.00 Å². The molecule has 0 aromatic carbocycles. The van der Waals surface area contributed by atoms with Crippen molar-refractivity contribution in [3.8, 4) is 0 Å². The molecule has 0 amide bonds. The third kappa shape index (κ3) is 8.64. The Kier molecular flexibility index (Phi) is 6.86. The van der Waals surface area contributed by atoms with Gasteiger partial charge in [-0.25, -0.2) is 0 Å². The van der Waals surface area contributed by atoms with Gasteiger partial charge in [0.1, 0.15) is 0 Å². The van der Waals surface area contributed by atoms with Crippen molar-refractivity contribution in [1.82, 2.24) is 0 Å². The molecule has 2 atom stereocenters. The standard InChI is InChI=1S/C10H21O4P/c1-3-4-5-6-7-9(10(11)12)8-15(2,13)14/h9H,3-8H2,1-2H3,(H,11,12)(H,13,14). The van der Waals surface area contributed by atoms with Crippen molar-refractivity contribution in [2.45, 2.75) is 39.0 Å². The van der Waals surface area contributed by atoms with Gasteiger partial charge in [0.2, 0.25) is 0 Å². The van der Waals surface area contributed by atoms with Crippen molar-refractivity contribution in [1.29, 1.82) is 0 Å². The minimum absolute atomic E-state index is 0.103. The molecule has 5 heteroatoms. The first-order chi connectivity index (χ1) is 6.87. The minimum Gasteiger partial charge on any atom is -0.481 e. The molecular weight excluding hydrogens is 215 g/mol. The Labute approximate surface area is 91.1 Å². The molecule has 0 saturated carbocycles. The van der Waals surface area contributed by atoms with E-state index in [0.29, 0.717) is 6.42 Å². The molecule has 2 N–H and O–H groups in total. The van der Waals surface area contributed by atoms with Gasteiger partial charge < -0.3 is 10.00 Å². The van der Waals surface area contributed by atoms with Crippen LogP contribution in [-0.4, -0.2) is 28.8 Å². The van der Waals surface area contributed by atoms with Gasteiger partial charge in [0.15, 0.2) is 7.37 Å². The number of carboxylic acids is 1. The number of unbranched alkanes of at least 4 members (excludes halogenated alkanes) is 3. The molecule has 0 aromatic rings. The molecule has 4 nitrogen and oxygen atoms in total. The van der Waals surface area contributed by atoms with Gasteiger partial charge in [-0.15, -0.1) is 0 Å². The number of carbonyl (C=O) groups is 1. The van der Waals surface area contributed by atoms with Crippen LogP contribution in [0.2, 0.25) is 0 Å². The lowest BCUT2D eigenvalue weighted by Gasteiger charge is -2.13. The van der Waals surface area contributed by atoms with Crippen LogP contribution in [0.5, 0.6) is 0 Å². The Hall–Kier alpha value is -0.340. The van der Waals surface area contributed by atoms with Crippen LogP contribution in [-0.2, 0) is 9.36 Å². The highest BCUT2D eigenvalue weighted by molar-refractivity contribution is 7.57. The minimum atomic E-state index is -3.21. The van der Waals surface area contributed by atoms with Crippen molar-refractivity contribution < 1.29 is 19.4 Å². The van der Waals surface area contributed by atoms with E-state index in [-0.39, 0.29) is 6.16 Å². The highest BCUT2D eigenvalue weighted by atomic mass is 31.2. The molecule has 0 rings (SSSR count). The van der Waals surface area contributed by atoms with Crippen LogP contribution in [0.1, 0.15) is 39.0 Å². The molecule has 15 heavy (non-hydrogen) atoms. The smallest absolute Gasteiger partial charge is 0.307 e. The van der Waals surface area contributed by atoms with Crippen LogP contribution in [0.15, 0.2) is 0 Å². The maximum absolute atomic E-state index is 11.1. The molecule has 0 fully saturated rings. The molecule has 0 aliphatic rings. The molecule has 0 heterocycles. The second-order valence-electron chi connectivity index (χ2n) is 4.12. The first kappa shape index (κ1) is 14.7. The summed E-state index contributed by atoms with van der Waals surface area (Å²) in [7, 11) is -3.21. The second kappa shape index (κ2) is 7.02. The van der Waals surface area contributed by atoms with Crippen molar-refractivity contribution in [3.63, 3.8) is 0 Å². The molecule has 0 saturated heterocycles. The van der Waals surface area contributed by atoms with Gasteiger partial charge >= 0.3 is 5.97 Å². The molecule has 0 aliphatic carbocycles. The third-order valence-electron chi connectivity index (χ3n) is 2.31. The summed E-state index contributed by atoms with van der Waals surface area (Å²) in [6, 6.07) is 0. The van der Waals surface area contributed by atoms with Gasteiger partial charge in [-0.3, -0.25) is 9.36 Å². The summed E-state index contributed by atoms with van der Waals surface area (Å²) in [5.74, 6) is -1.62. The summed E-state index contributed by atoms with van der Waals surface area (Å²) >= 11 is 0. The summed E-state index contributed by atoms with van der Waals surface area (Å²) in [5.41, 5.74) is 0. The Balaban J connectivity index is 3.96. The number of rotatable bonds is 8. The zero-order valence-electron chi connectivity index (χ0n) is 9.48. The molecular formula is C10H21O4P. The van der Waals surface area contributed by atoms with Gasteiger partial charge in [0.05, 0.1) is 5.92 Å². The van der Waals surface area contributed by atoms with Crippen molar-refractivity contribution in [2.75, 3.05) is 12.8 Å². The van der Waals surface area contributed by atoms with E-state index in [9.17, 15) is 9.36 Å². The van der Waals surface area contributed by atoms with E-state index in [1.807, 2.05) is 0 Å². The highest BCUT2D eigenvalue weighted by Gasteiger charge is 2.24. The molecule has 0 aliphatic heterocycles. The van der Waals surface area contributed by atoms with Crippen LogP contribution in [0, 0.1) is 5.92 Å². The SMILES string of the molecule is CCCCCCC(CP(C)(=O)O)C(=O)O. The van der Waals surface area contributed by atoms with Crippen molar-refractivity contribution in [3.05, 3.63) is 0 Å². The van der Waals surface area contributed by atoms with Crippen molar-refractivity contribution in [2.24, 2.45) is 5.92 Å².